The fourth-order valence-corrected chi connectivity index (χ4v) is 2.60. The monoisotopic (exact) mass is 236 g/mol. The Kier molecular flexibility index (Phi) is 5.73. The van der Waals surface area contributed by atoms with Crippen LogP contribution >= 0.6 is 0 Å². The summed E-state index contributed by atoms with van der Waals surface area (Å²) in [4.78, 5) is 5.31. The molecule has 6 heteroatoms. The molecule has 15 heavy (non-hydrogen) atoms. The molecule has 0 radical (unpaired) electrons. The van der Waals surface area contributed by atoms with E-state index in [1.807, 2.05) is 0 Å². The Balaban J connectivity index is 2.31. The van der Waals surface area contributed by atoms with Gasteiger partial charge in [-0.15, -0.1) is 0 Å². The molecule has 1 saturated carbocycles. The van der Waals surface area contributed by atoms with Gasteiger partial charge < -0.3 is 13.3 Å². The molecule has 0 saturated heterocycles. The topological polar surface area (TPSA) is 46.2 Å². The fourth-order valence-electron chi connectivity index (χ4n) is 1.64. The summed E-state index contributed by atoms with van der Waals surface area (Å²) in [6.07, 6.45) is 5.86. The highest BCUT2D eigenvalue weighted by molar-refractivity contribution is 6.53. The van der Waals surface area contributed by atoms with E-state index in [1.165, 1.54) is 40.6 Å². The van der Waals surface area contributed by atoms with Crippen molar-refractivity contribution in [3.8, 4) is 0 Å². The van der Waals surface area contributed by atoms with Crippen LogP contribution in [0.25, 0.3) is 0 Å². The van der Waals surface area contributed by atoms with Gasteiger partial charge >= 0.3 is 9.05 Å². The van der Waals surface area contributed by atoms with Gasteiger partial charge in [0.2, 0.25) is 0 Å². The molecule has 0 unspecified atom stereocenters. The average Bonchev–Trinajstić information content (AvgIpc) is 2.33. The van der Waals surface area contributed by atoms with Crippen LogP contribution in [0.5, 0.6) is 0 Å². The molecule has 0 atom stereocenters. The third kappa shape index (κ3) is 3.82. The maximum absolute atomic E-state index is 5.31. The Labute approximate surface area is 92.0 Å². The maximum Gasteiger partial charge on any atom is 0.707 e. The van der Waals surface area contributed by atoms with Gasteiger partial charge in [0.05, 0.1) is 6.10 Å². The van der Waals surface area contributed by atoms with Crippen LogP contribution in [0.3, 0.4) is 0 Å². The lowest BCUT2D eigenvalue weighted by molar-refractivity contribution is -0.302. The SMILES string of the molecule is CO[Si](OC)(OC)OOC1CCCCC1. The van der Waals surface area contributed by atoms with E-state index in [1.54, 1.807) is 0 Å². The molecule has 0 aliphatic heterocycles. The molecule has 1 aliphatic rings. The van der Waals surface area contributed by atoms with Gasteiger partial charge in [0, 0.05) is 21.3 Å². The van der Waals surface area contributed by atoms with Crippen LogP contribution in [0.15, 0.2) is 0 Å². The van der Waals surface area contributed by atoms with Crippen LogP contribution in [-0.2, 0) is 22.7 Å². The normalized spacial score (nSPS) is 19.4. The molecule has 1 aliphatic carbocycles. The van der Waals surface area contributed by atoms with Crippen molar-refractivity contribution in [2.45, 2.75) is 38.2 Å². The minimum absolute atomic E-state index is 0.145. The lowest BCUT2D eigenvalue weighted by Gasteiger charge is -2.26. The zero-order chi connectivity index (χ0) is 11.1. The molecule has 0 bridgehead atoms. The van der Waals surface area contributed by atoms with E-state index >= 15 is 0 Å². The molecule has 1 rings (SSSR count). The van der Waals surface area contributed by atoms with Crippen LogP contribution in [0.1, 0.15) is 32.1 Å². The molecule has 0 aromatic carbocycles. The second-order valence-electron chi connectivity index (χ2n) is 3.55. The summed E-state index contributed by atoms with van der Waals surface area (Å²) >= 11 is 0. The molecule has 0 N–H and O–H groups in total. The zero-order valence-electron chi connectivity index (χ0n) is 9.65. The standard InChI is InChI=1S/C9H20O5Si/c1-10-15(11-2,12-3)14-13-9-7-5-4-6-8-9/h9H,4-8H2,1-3H3. The van der Waals surface area contributed by atoms with Crippen LogP contribution < -0.4 is 0 Å². The summed E-state index contributed by atoms with van der Waals surface area (Å²) < 4.78 is 20.4. The minimum Gasteiger partial charge on any atom is -0.353 e. The predicted octanol–water partition coefficient (Wildman–Crippen LogP) is 1.64. The van der Waals surface area contributed by atoms with Crippen molar-refractivity contribution in [3.05, 3.63) is 0 Å². The van der Waals surface area contributed by atoms with Gasteiger partial charge in [-0.3, -0.25) is 0 Å². The molecule has 90 valence electrons. The molecule has 0 aromatic rings. The Morgan fingerprint density at radius 2 is 1.40 bits per heavy atom. The van der Waals surface area contributed by atoms with Crippen molar-refractivity contribution >= 4 is 9.05 Å². The Bertz CT molecular complexity index is 160. The Hall–Kier alpha value is 0.0169. The van der Waals surface area contributed by atoms with E-state index in [2.05, 4.69) is 0 Å². The second-order valence-corrected chi connectivity index (χ2v) is 5.94. The summed E-state index contributed by atoms with van der Waals surface area (Å²) in [5, 5.41) is 0. The molecule has 0 heterocycles. The lowest BCUT2D eigenvalue weighted by Crippen LogP contribution is -2.47. The fraction of sp³-hybridized carbons (Fsp3) is 1.00. The van der Waals surface area contributed by atoms with Crippen molar-refractivity contribution in [1.29, 1.82) is 0 Å². The summed E-state index contributed by atoms with van der Waals surface area (Å²) in [6, 6.07) is 0. The molecular weight excluding hydrogens is 216 g/mol. The third-order valence-electron chi connectivity index (χ3n) is 2.59. The van der Waals surface area contributed by atoms with Crippen molar-refractivity contribution < 1.29 is 22.7 Å². The first-order valence-electron chi connectivity index (χ1n) is 5.26. The zero-order valence-corrected chi connectivity index (χ0v) is 10.7. The van der Waals surface area contributed by atoms with Crippen molar-refractivity contribution in [1.82, 2.24) is 0 Å². The minimum atomic E-state index is -3.02. The van der Waals surface area contributed by atoms with Crippen LogP contribution in [-0.4, -0.2) is 36.5 Å². The Morgan fingerprint density at radius 1 is 0.867 bits per heavy atom. The first-order valence-corrected chi connectivity index (χ1v) is 6.89. The predicted molar refractivity (Wildman–Crippen MR) is 55.8 cm³/mol. The van der Waals surface area contributed by atoms with E-state index in [4.69, 9.17) is 22.7 Å². The third-order valence-corrected chi connectivity index (χ3v) is 4.39. The highest BCUT2D eigenvalue weighted by Gasteiger charge is 2.45. The molecular formula is C9H20O5Si. The quantitative estimate of drug-likeness (QED) is 0.398. The van der Waals surface area contributed by atoms with Gasteiger partial charge in [-0.2, -0.15) is 4.58 Å². The summed E-state index contributed by atoms with van der Waals surface area (Å²) in [6.45, 7) is 0. The van der Waals surface area contributed by atoms with Gasteiger partial charge in [0.1, 0.15) is 0 Å². The Morgan fingerprint density at radius 3 is 1.87 bits per heavy atom. The van der Waals surface area contributed by atoms with Crippen molar-refractivity contribution in [2.24, 2.45) is 0 Å². The van der Waals surface area contributed by atoms with Crippen LogP contribution in [0, 0.1) is 0 Å². The van der Waals surface area contributed by atoms with E-state index in [0.29, 0.717) is 0 Å². The molecule has 0 aromatic heterocycles. The summed E-state index contributed by atoms with van der Waals surface area (Å²) in [7, 11) is 1.45. The largest absolute Gasteiger partial charge is 0.707 e. The second kappa shape index (κ2) is 6.57. The number of rotatable bonds is 6. The van der Waals surface area contributed by atoms with Gasteiger partial charge in [0.15, 0.2) is 0 Å². The van der Waals surface area contributed by atoms with E-state index in [-0.39, 0.29) is 6.10 Å². The van der Waals surface area contributed by atoms with Gasteiger partial charge in [-0.05, 0) is 12.8 Å². The average molecular weight is 236 g/mol. The van der Waals surface area contributed by atoms with E-state index < -0.39 is 9.05 Å². The number of hydrogen-bond acceptors (Lipinski definition) is 5. The van der Waals surface area contributed by atoms with E-state index in [9.17, 15) is 0 Å². The van der Waals surface area contributed by atoms with Crippen LogP contribution in [0.4, 0.5) is 0 Å². The highest BCUT2D eigenvalue weighted by atomic mass is 28.4. The first kappa shape index (κ1) is 13.1. The summed E-state index contributed by atoms with van der Waals surface area (Å²) in [5.41, 5.74) is 0. The summed E-state index contributed by atoms with van der Waals surface area (Å²) in [5.74, 6) is 0. The molecule has 1 fully saturated rings. The molecule has 0 spiro atoms. The first-order chi connectivity index (χ1) is 7.26. The van der Waals surface area contributed by atoms with Crippen molar-refractivity contribution in [2.75, 3.05) is 21.3 Å². The van der Waals surface area contributed by atoms with Gasteiger partial charge in [0.25, 0.3) is 0 Å². The molecule has 5 nitrogen and oxygen atoms in total. The number of hydrogen-bond donors (Lipinski definition) is 0. The smallest absolute Gasteiger partial charge is 0.353 e. The highest BCUT2D eigenvalue weighted by Crippen LogP contribution is 2.22. The van der Waals surface area contributed by atoms with Gasteiger partial charge in [-0.25, -0.2) is 4.89 Å². The van der Waals surface area contributed by atoms with Crippen molar-refractivity contribution in [3.63, 3.8) is 0 Å². The molecule has 0 amide bonds. The lowest BCUT2D eigenvalue weighted by atomic mass is 9.98. The van der Waals surface area contributed by atoms with Crippen LogP contribution in [0.2, 0.25) is 0 Å². The van der Waals surface area contributed by atoms with E-state index in [0.717, 1.165) is 12.8 Å². The maximum atomic E-state index is 5.31. The van der Waals surface area contributed by atoms with Gasteiger partial charge in [-0.1, -0.05) is 19.3 Å².